The van der Waals surface area contributed by atoms with Crippen LogP contribution in [-0.2, 0) is 13.0 Å². The fourth-order valence-corrected chi connectivity index (χ4v) is 4.09. The highest BCUT2D eigenvalue weighted by molar-refractivity contribution is 7.99. The fourth-order valence-electron chi connectivity index (χ4n) is 3.23. The first kappa shape index (κ1) is 24.4. The maximum absolute atomic E-state index is 4.97. The molecular formula is C23H38N6S. The van der Waals surface area contributed by atoms with Gasteiger partial charge in [0, 0.05) is 63.2 Å². The van der Waals surface area contributed by atoms with Gasteiger partial charge in [0.2, 0.25) is 0 Å². The second-order valence-electron chi connectivity index (χ2n) is 7.29. The molecule has 2 N–H and O–H groups in total. The van der Waals surface area contributed by atoms with Crippen LogP contribution in [0.5, 0.6) is 0 Å². The van der Waals surface area contributed by atoms with Crippen molar-refractivity contribution in [3.05, 3.63) is 42.8 Å². The van der Waals surface area contributed by atoms with Gasteiger partial charge in [0.15, 0.2) is 11.5 Å². The van der Waals surface area contributed by atoms with Crippen LogP contribution in [0.1, 0.15) is 44.9 Å². The van der Waals surface area contributed by atoms with Crippen LogP contribution in [0.25, 0.3) is 5.65 Å². The summed E-state index contributed by atoms with van der Waals surface area (Å²) in [4.78, 5) is 8.29. The van der Waals surface area contributed by atoms with Crippen molar-refractivity contribution >= 4 is 23.2 Å². The maximum Gasteiger partial charge on any atom is 0.171 e. The summed E-state index contributed by atoms with van der Waals surface area (Å²) >= 11 is 1.79. The number of hydrogen-bond donors (Lipinski definition) is 2. The zero-order valence-electron chi connectivity index (χ0n) is 18.9. The van der Waals surface area contributed by atoms with Crippen LogP contribution in [-0.4, -0.2) is 53.1 Å². The maximum atomic E-state index is 4.97. The molecule has 0 radical (unpaired) electrons. The molecule has 166 valence electrons. The fraction of sp³-hybridized carbons (Fsp3) is 0.565. The third-order valence-corrected chi connectivity index (χ3v) is 5.73. The molecule has 0 amide bonds. The minimum atomic E-state index is 0.876. The lowest BCUT2D eigenvalue weighted by molar-refractivity contribution is 0.578. The third-order valence-electron chi connectivity index (χ3n) is 4.68. The largest absolute Gasteiger partial charge is 0.352 e. The van der Waals surface area contributed by atoms with E-state index in [4.69, 9.17) is 10.1 Å². The number of thioether (sulfide) groups is 1. The van der Waals surface area contributed by atoms with Crippen molar-refractivity contribution in [2.24, 2.45) is 0 Å². The number of hydrogen-bond acceptors (Lipinski definition) is 6. The van der Waals surface area contributed by atoms with Gasteiger partial charge in [-0.2, -0.15) is 0 Å². The van der Waals surface area contributed by atoms with Gasteiger partial charge in [0.1, 0.15) is 0 Å². The molecule has 0 aromatic carbocycles. The molecule has 2 aliphatic rings. The Balaban J connectivity index is 0.000000403. The van der Waals surface area contributed by atoms with Crippen molar-refractivity contribution in [2.75, 3.05) is 43.4 Å². The number of rotatable bonds is 5. The van der Waals surface area contributed by atoms with Crippen LogP contribution < -0.4 is 15.5 Å². The second kappa shape index (κ2) is 13.5. The van der Waals surface area contributed by atoms with E-state index in [2.05, 4.69) is 54.0 Å². The van der Waals surface area contributed by atoms with E-state index >= 15 is 0 Å². The topological polar surface area (TPSA) is 57.5 Å². The highest BCUT2D eigenvalue weighted by Gasteiger charge is 2.24. The first-order valence-electron chi connectivity index (χ1n) is 11.1. The van der Waals surface area contributed by atoms with E-state index < -0.39 is 0 Å². The minimum Gasteiger partial charge on any atom is -0.352 e. The number of piperazine rings is 1. The standard InChI is InChI=1S/C16H22N6S.C4H8.C3H8/c1-2-9-23-14-15-19-11-12-10-18-4-3-13(12)22(15)20-16(14)21-7-5-17-6-8-21;1-3-4-2;1-3-2/h2,11,17-18H,1,3-10H2;3H,1,4H2,2H3;3H2,1-2H3. The lowest BCUT2D eigenvalue weighted by atomic mass is 10.1. The van der Waals surface area contributed by atoms with Gasteiger partial charge in [-0.15, -0.1) is 30.0 Å². The van der Waals surface area contributed by atoms with Gasteiger partial charge in [-0.3, -0.25) is 0 Å². The zero-order chi connectivity index (χ0) is 21.8. The lowest BCUT2D eigenvalue weighted by Crippen LogP contribution is -2.43. The average molecular weight is 431 g/mol. The Bertz CT molecular complexity index is 795. The number of nitrogens with zero attached hydrogens (tertiary/aromatic N) is 4. The molecule has 1 fully saturated rings. The predicted molar refractivity (Wildman–Crippen MR) is 131 cm³/mol. The second-order valence-corrected chi connectivity index (χ2v) is 8.32. The van der Waals surface area contributed by atoms with Crippen molar-refractivity contribution in [3.8, 4) is 0 Å². The quantitative estimate of drug-likeness (QED) is 0.551. The minimum absolute atomic E-state index is 0.876. The molecule has 6 nitrogen and oxygen atoms in total. The van der Waals surface area contributed by atoms with Gasteiger partial charge in [-0.05, 0) is 6.42 Å². The van der Waals surface area contributed by atoms with Gasteiger partial charge < -0.3 is 15.5 Å². The SMILES string of the molecule is C=CCC.C=CCSc1c(N2CCNCC2)nn2c3c(cnc12)CNCC3.CCC. The first-order valence-corrected chi connectivity index (χ1v) is 12.1. The summed E-state index contributed by atoms with van der Waals surface area (Å²) in [5.41, 5.74) is 3.56. The van der Waals surface area contributed by atoms with Crippen LogP contribution in [0.3, 0.4) is 0 Å². The molecule has 4 rings (SSSR count). The molecule has 0 unspecified atom stereocenters. The highest BCUT2D eigenvalue weighted by Crippen LogP contribution is 2.34. The van der Waals surface area contributed by atoms with E-state index in [1.807, 2.05) is 18.3 Å². The van der Waals surface area contributed by atoms with Gasteiger partial charge in [-0.25, -0.2) is 9.50 Å². The summed E-state index contributed by atoms with van der Waals surface area (Å²) in [7, 11) is 0. The van der Waals surface area contributed by atoms with E-state index in [0.717, 1.165) is 69.3 Å². The summed E-state index contributed by atoms with van der Waals surface area (Å²) in [6, 6.07) is 0. The molecule has 0 atom stereocenters. The number of aromatic nitrogens is 3. The number of nitrogens with one attached hydrogen (secondary N) is 2. The number of anilines is 1. The first-order chi connectivity index (χ1) is 14.7. The summed E-state index contributed by atoms with van der Waals surface area (Å²) in [5, 5.41) is 11.8. The highest BCUT2D eigenvalue weighted by atomic mass is 32.2. The van der Waals surface area contributed by atoms with Crippen molar-refractivity contribution in [3.63, 3.8) is 0 Å². The Labute approximate surface area is 186 Å². The number of allylic oxidation sites excluding steroid dienone is 1. The zero-order valence-corrected chi connectivity index (χ0v) is 19.7. The Hall–Kier alpha value is -1.83. The summed E-state index contributed by atoms with van der Waals surface area (Å²) in [6.45, 7) is 19.5. The van der Waals surface area contributed by atoms with Crippen LogP contribution in [0.4, 0.5) is 5.82 Å². The van der Waals surface area contributed by atoms with Gasteiger partial charge >= 0.3 is 0 Å². The van der Waals surface area contributed by atoms with Crippen LogP contribution >= 0.6 is 11.8 Å². The lowest BCUT2D eigenvalue weighted by Gasteiger charge is -2.27. The van der Waals surface area contributed by atoms with E-state index in [1.165, 1.54) is 22.6 Å². The molecule has 2 aromatic heterocycles. The van der Waals surface area contributed by atoms with Crippen LogP contribution in [0, 0.1) is 0 Å². The monoisotopic (exact) mass is 430 g/mol. The molecule has 30 heavy (non-hydrogen) atoms. The Kier molecular flexibility index (Phi) is 11.0. The summed E-state index contributed by atoms with van der Waals surface area (Å²) in [6.07, 6.45) is 9.17. The summed E-state index contributed by atoms with van der Waals surface area (Å²) in [5.74, 6) is 1.96. The molecule has 0 saturated carbocycles. The van der Waals surface area contributed by atoms with Crippen LogP contribution in [0.15, 0.2) is 36.4 Å². The van der Waals surface area contributed by atoms with Gasteiger partial charge in [0.25, 0.3) is 0 Å². The molecular weight excluding hydrogens is 392 g/mol. The molecule has 4 heterocycles. The molecule has 2 aromatic rings. The molecule has 7 heteroatoms. The average Bonchev–Trinajstić information content (AvgIpc) is 3.18. The van der Waals surface area contributed by atoms with E-state index in [9.17, 15) is 0 Å². The van der Waals surface area contributed by atoms with Crippen molar-refractivity contribution < 1.29 is 0 Å². The molecule has 2 aliphatic heterocycles. The van der Waals surface area contributed by atoms with E-state index in [-0.39, 0.29) is 0 Å². The molecule has 0 bridgehead atoms. The Morgan fingerprint density at radius 2 is 1.80 bits per heavy atom. The Morgan fingerprint density at radius 1 is 1.10 bits per heavy atom. The summed E-state index contributed by atoms with van der Waals surface area (Å²) < 4.78 is 2.08. The van der Waals surface area contributed by atoms with Crippen molar-refractivity contribution in [1.82, 2.24) is 25.2 Å². The van der Waals surface area contributed by atoms with Gasteiger partial charge in [-0.1, -0.05) is 39.3 Å². The predicted octanol–water partition coefficient (Wildman–Crippen LogP) is 4.06. The Morgan fingerprint density at radius 3 is 2.43 bits per heavy atom. The normalized spacial score (nSPS) is 15.4. The van der Waals surface area contributed by atoms with E-state index in [1.54, 1.807) is 11.8 Å². The smallest absolute Gasteiger partial charge is 0.171 e. The molecule has 0 aliphatic carbocycles. The van der Waals surface area contributed by atoms with E-state index in [0.29, 0.717) is 0 Å². The third kappa shape index (κ3) is 6.33. The molecule has 1 saturated heterocycles. The molecule has 0 spiro atoms. The van der Waals surface area contributed by atoms with Crippen molar-refractivity contribution in [1.29, 1.82) is 0 Å². The number of fused-ring (bicyclic) bond motifs is 3. The van der Waals surface area contributed by atoms with Crippen LogP contribution in [0.2, 0.25) is 0 Å². The van der Waals surface area contributed by atoms with Crippen molar-refractivity contribution in [2.45, 2.75) is 51.5 Å². The van der Waals surface area contributed by atoms with Gasteiger partial charge in [0.05, 0.1) is 10.6 Å².